The molecule has 0 unspecified atom stereocenters. The van der Waals surface area contributed by atoms with Crippen LogP contribution in [0, 0.1) is 22.9 Å². The summed E-state index contributed by atoms with van der Waals surface area (Å²) in [5.74, 6) is 0.558. The average Bonchev–Trinajstić information content (AvgIpc) is 3.00. The zero-order chi connectivity index (χ0) is 32.2. The maximum atomic E-state index is 13.8. The molecule has 4 aromatic carbocycles. The molecule has 0 aliphatic rings. The Balaban J connectivity index is 1.61. The molecular weight excluding hydrogens is 599 g/mol. The quantitative estimate of drug-likeness (QED) is 0.0879. The number of fused-ring (bicyclic) bond motifs is 1. The van der Waals surface area contributed by atoms with E-state index in [1.54, 1.807) is 30.3 Å². The fourth-order valence-electron chi connectivity index (χ4n) is 4.93. The molecule has 0 amide bonds. The van der Waals surface area contributed by atoms with Crippen molar-refractivity contribution in [2.75, 3.05) is 6.61 Å². The molecule has 0 fully saturated rings. The van der Waals surface area contributed by atoms with Crippen LogP contribution in [0.3, 0.4) is 0 Å². The molecular formula is C34H30ClFN4O5. The fourth-order valence-corrected chi connectivity index (χ4v) is 5.21. The number of benzene rings is 4. The number of aromatic nitrogens is 2. The number of nitrogens with zero attached hydrogens (tertiary/aromatic N) is 4. The number of nitro benzene ring substituents is 1. The Kier molecular flexibility index (Phi) is 9.24. The van der Waals surface area contributed by atoms with Gasteiger partial charge in [-0.3, -0.25) is 14.9 Å². The Morgan fingerprint density at radius 2 is 1.87 bits per heavy atom. The van der Waals surface area contributed by atoms with E-state index in [9.17, 15) is 19.3 Å². The van der Waals surface area contributed by atoms with Crippen LogP contribution in [0.2, 0.25) is 5.02 Å². The van der Waals surface area contributed by atoms with Gasteiger partial charge in [-0.15, -0.1) is 0 Å². The third-order valence-electron chi connectivity index (χ3n) is 7.11. The van der Waals surface area contributed by atoms with Crippen molar-refractivity contribution >= 4 is 34.4 Å². The van der Waals surface area contributed by atoms with Crippen molar-refractivity contribution in [1.82, 2.24) is 9.66 Å². The summed E-state index contributed by atoms with van der Waals surface area (Å²) in [5, 5.41) is 16.8. The van der Waals surface area contributed by atoms with Crippen LogP contribution in [0.4, 0.5) is 10.1 Å². The third-order valence-corrected chi connectivity index (χ3v) is 7.39. The molecule has 9 nitrogen and oxygen atoms in total. The van der Waals surface area contributed by atoms with Gasteiger partial charge in [0.25, 0.3) is 5.56 Å². The lowest BCUT2D eigenvalue weighted by Crippen LogP contribution is -2.21. The lowest BCUT2D eigenvalue weighted by molar-refractivity contribution is -0.385. The lowest BCUT2D eigenvalue weighted by atomic mass is 9.96. The van der Waals surface area contributed by atoms with Crippen molar-refractivity contribution in [2.24, 2.45) is 5.10 Å². The second-order valence-corrected chi connectivity index (χ2v) is 11.0. The first-order chi connectivity index (χ1) is 21.6. The molecule has 230 valence electrons. The summed E-state index contributed by atoms with van der Waals surface area (Å²) in [7, 11) is 0. The monoisotopic (exact) mass is 628 g/mol. The molecule has 5 aromatic rings. The van der Waals surface area contributed by atoms with Gasteiger partial charge in [0.05, 0.1) is 33.7 Å². The molecule has 0 aliphatic carbocycles. The van der Waals surface area contributed by atoms with Gasteiger partial charge in [0.1, 0.15) is 18.2 Å². The van der Waals surface area contributed by atoms with E-state index in [1.807, 2.05) is 26.0 Å². The second kappa shape index (κ2) is 13.3. The van der Waals surface area contributed by atoms with Gasteiger partial charge in [-0.1, -0.05) is 49.7 Å². The summed E-state index contributed by atoms with van der Waals surface area (Å²) in [6, 6.07) is 19.2. The average molecular weight is 629 g/mol. The predicted molar refractivity (Wildman–Crippen MR) is 173 cm³/mol. The minimum atomic E-state index is -0.629. The molecule has 0 saturated carbocycles. The molecule has 0 radical (unpaired) electrons. The number of hydrogen-bond acceptors (Lipinski definition) is 7. The minimum absolute atomic E-state index is 0.0461. The first kappa shape index (κ1) is 31.3. The molecule has 45 heavy (non-hydrogen) atoms. The van der Waals surface area contributed by atoms with Gasteiger partial charge in [-0.25, -0.2) is 9.37 Å². The van der Waals surface area contributed by atoms with Crippen LogP contribution < -0.4 is 15.0 Å². The Bertz CT molecular complexity index is 2010. The lowest BCUT2D eigenvalue weighted by Gasteiger charge is -2.18. The van der Waals surface area contributed by atoms with Crippen LogP contribution in [0.1, 0.15) is 48.9 Å². The van der Waals surface area contributed by atoms with Crippen LogP contribution in [0.15, 0.2) is 82.7 Å². The van der Waals surface area contributed by atoms with Gasteiger partial charge >= 0.3 is 5.69 Å². The molecule has 0 saturated heterocycles. The number of para-hydroxylation sites is 1. The van der Waals surface area contributed by atoms with Crippen molar-refractivity contribution in [3.05, 3.63) is 126 Å². The topological polar surface area (TPSA) is 109 Å². The summed E-state index contributed by atoms with van der Waals surface area (Å²) in [6.07, 6.45) is 1.31. The van der Waals surface area contributed by atoms with Crippen LogP contribution >= 0.6 is 11.6 Å². The van der Waals surface area contributed by atoms with Crippen LogP contribution in [0.25, 0.3) is 22.3 Å². The van der Waals surface area contributed by atoms with Gasteiger partial charge in [-0.05, 0) is 78.9 Å². The molecule has 5 rings (SSSR count). The van der Waals surface area contributed by atoms with Crippen molar-refractivity contribution in [1.29, 1.82) is 0 Å². The van der Waals surface area contributed by atoms with Crippen molar-refractivity contribution in [3.63, 3.8) is 0 Å². The summed E-state index contributed by atoms with van der Waals surface area (Å²) in [4.78, 5) is 30.0. The third kappa shape index (κ3) is 6.71. The number of aryl methyl sites for hydroxylation is 1. The van der Waals surface area contributed by atoms with E-state index in [2.05, 4.69) is 18.9 Å². The fraction of sp³-hybridized carbons (Fsp3) is 0.206. The normalized spacial score (nSPS) is 11.4. The highest BCUT2D eigenvalue weighted by Gasteiger charge is 2.22. The number of hydrogen-bond donors (Lipinski definition) is 0. The smallest absolute Gasteiger partial charge is 0.313 e. The van der Waals surface area contributed by atoms with Gasteiger partial charge in [0.15, 0.2) is 5.82 Å². The standard InChI is InChI=1S/C34H30ClFN4O5/c1-5-44-31-13-21(4)27(17-26(31)20(2)3)33-38-29-12-7-6-11-25(29)34(41)39(33)37-18-23-15-28(35)32(30(16-23)40(42)43)45-19-22-9-8-10-24(36)14-22/h6-18,20H,5,19H2,1-4H3. The molecule has 0 spiro atoms. The Morgan fingerprint density at radius 3 is 2.58 bits per heavy atom. The zero-order valence-corrected chi connectivity index (χ0v) is 25.8. The van der Waals surface area contributed by atoms with E-state index in [4.69, 9.17) is 26.1 Å². The summed E-state index contributed by atoms with van der Waals surface area (Å²) in [6.45, 7) is 8.31. The molecule has 0 bridgehead atoms. The first-order valence-electron chi connectivity index (χ1n) is 14.3. The second-order valence-electron chi connectivity index (χ2n) is 10.6. The van der Waals surface area contributed by atoms with Gasteiger partial charge in [0.2, 0.25) is 5.75 Å². The predicted octanol–water partition coefficient (Wildman–Crippen LogP) is 8.06. The zero-order valence-electron chi connectivity index (χ0n) is 25.1. The van der Waals surface area contributed by atoms with Gasteiger partial charge < -0.3 is 9.47 Å². The van der Waals surface area contributed by atoms with Crippen molar-refractivity contribution < 1.29 is 18.8 Å². The van der Waals surface area contributed by atoms with Crippen molar-refractivity contribution in [2.45, 2.75) is 40.2 Å². The van der Waals surface area contributed by atoms with E-state index in [1.165, 1.54) is 41.2 Å². The molecule has 1 heterocycles. The Hall–Kier alpha value is -5.09. The van der Waals surface area contributed by atoms with Gasteiger partial charge in [0, 0.05) is 17.2 Å². The molecule has 1 aromatic heterocycles. The molecule has 11 heteroatoms. The highest BCUT2D eigenvalue weighted by Crippen LogP contribution is 2.37. The maximum Gasteiger partial charge on any atom is 0.313 e. The van der Waals surface area contributed by atoms with Crippen LogP contribution in [-0.2, 0) is 6.61 Å². The summed E-state index contributed by atoms with van der Waals surface area (Å²) >= 11 is 6.44. The van der Waals surface area contributed by atoms with E-state index >= 15 is 0 Å². The van der Waals surface area contributed by atoms with Crippen LogP contribution in [0.5, 0.6) is 11.5 Å². The summed E-state index contributed by atoms with van der Waals surface area (Å²) < 4.78 is 26.3. The highest BCUT2D eigenvalue weighted by molar-refractivity contribution is 6.32. The van der Waals surface area contributed by atoms with E-state index in [0.717, 1.165) is 16.9 Å². The highest BCUT2D eigenvalue weighted by atomic mass is 35.5. The summed E-state index contributed by atoms with van der Waals surface area (Å²) in [5.41, 5.74) is 2.87. The number of ether oxygens (including phenoxy) is 2. The first-order valence-corrected chi connectivity index (χ1v) is 14.6. The molecule has 0 aliphatic heterocycles. The van der Waals surface area contributed by atoms with E-state index < -0.39 is 22.0 Å². The largest absolute Gasteiger partial charge is 0.494 e. The van der Waals surface area contributed by atoms with Crippen LogP contribution in [-0.4, -0.2) is 27.4 Å². The maximum absolute atomic E-state index is 13.8. The number of rotatable bonds is 10. The Morgan fingerprint density at radius 1 is 1.09 bits per heavy atom. The number of nitro groups is 1. The molecule has 0 N–H and O–H groups in total. The van der Waals surface area contributed by atoms with Crippen molar-refractivity contribution in [3.8, 4) is 22.9 Å². The van der Waals surface area contributed by atoms with E-state index in [-0.39, 0.29) is 28.9 Å². The van der Waals surface area contributed by atoms with E-state index in [0.29, 0.717) is 34.5 Å². The Labute approximate surface area is 263 Å². The molecule has 0 atom stereocenters. The van der Waals surface area contributed by atoms with Gasteiger partial charge in [-0.2, -0.15) is 9.78 Å². The SMILES string of the molecule is CCOc1cc(C)c(-c2nc3ccccc3c(=O)n2N=Cc2cc(Cl)c(OCc3cccc(F)c3)c([N+](=O)[O-])c2)cc1C(C)C. The number of halogens is 2. The minimum Gasteiger partial charge on any atom is -0.494 e.